The van der Waals surface area contributed by atoms with Crippen molar-refractivity contribution in [1.29, 1.82) is 0 Å². The third kappa shape index (κ3) is 2.14. The Morgan fingerprint density at radius 3 is 2.65 bits per heavy atom. The summed E-state index contributed by atoms with van der Waals surface area (Å²) in [6, 6.07) is 0. The molecule has 0 spiro atoms. The maximum Gasteiger partial charge on any atom is 0.109 e. The summed E-state index contributed by atoms with van der Waals surface area (Å²) in [5, 5.41) is 0. The van der Waals surface area contributed by atoms with E-state index in [1.165, 1.54) is 62.2 Å². The third-order valence-electron chi connectivity index (χ3n) is 4.60. The number of fused-ring (bicyclic) bond motifs is 1. The smallest absolute Gasteiger partial charge is 0.109 e. The lowest BCUT2D eigenvalue weighted by Crippen LogP contribution is -2.14. The van der Waals surface area contributed by atoms with E-state index in [4.69, 9.17) is 4.98 Å². The van der Waals surface area contributed by atoms with Crippen LogP contribution < -0.4 is 0 Å². The minimum atomic E-state index is 0.655. The van der Waals surface area contributed by atoms with Crippen LogP contribution in [0.1, 0.15) is 81.4 Å². The summed E-state index contributed by atoms with van der Waals surface area (Å²) in [4.78, 5) is 8.59. The van der Waals surface area contributed by atoms with Gasteiger partial charge in [-0.3, -0.25) is 0 Å². The molecule has 0 saturated heterocycles. The van der Waals surface area contributed by atoms with Crippen LogP contribution >= 0.6 is 0 Å². The summed E-state index contributed by atoms with van der Waals surface area (Å²) >= 11 is 0. The van der Waals surface area contributed by atoms with E-state index in [-0.39, 0.29) is 0 Å². The second-order valence-corrected chi connectivity index (χ2v) is 6.27. The molecule has 1 heterocycles. The van der Waals surface area contributed by atoms with Crippen molar-refractivity contribution < 1.29 is 0 Å². The van der Waals surface area contributed by atoms with Gasteiger partial charge in [-0.1, -0.05) is 33.1 Å². The quantitative estimate of drug-likeness (QED) is 0.774. The van der Waals surface area contributed by atoms with E-state index in [0.717, 1.165) is 11.8 Å². The third-order valence-corrected chi connectivity index (χ3v) is 4.60. The molecule has 1 aromatic heterocycles. The van der Waals surface area contributed by atoms with Crippen LogP contribution in [0.2, 0.25) is 0 Å². The number of rotatable bonds is 1. The van der Waals surface area contributed by atoms with Crippen LogP contribution in [0.15, 0.2) is 0 Å². The van der Waals surface area contributed by atoms with Gasteiger partial charge in [0.15, 0.2) is 0 Å². The highest BCUT2D eigenvalue weighted by Crippen LogP contribution is 2.37. The molecule has 0 aromatic carbocycles. The first kappa shape index (κ1) is 11.3. The van der Waals surface area contributed by atoms with E-state index in [1.807, 2.05) is 0 Å². The van der Waals surface area contributed by atoms with Gasteiger partial charge >= 0.3 is 0 Å². The fraction of sp³-hybridized carbons (Fsp3) is 0.800. The van der Waals surface area contributed by atoms with E-state index < -0.39 is 0 Å². The summed E-state index contributed by atoms with van der Waals surface area (Å²) in [6.45, 7) is 4.69. The molecule has 1 aromatic rings. The number of nitrogens with zero attached hydrogens (tertiary/aromatic N) is 1. The zero-order valence-corrected chi connectivity index (χ0v) is 11.1. The molecule has 2 nitrogen and oxygen atoms in total. The number of imidazole rings is 1. The first-order chi connectivity index (χ1) is 8.24. The zero-order valence-electron chi connectivity index (χ0n) is 11.1. The predicted molar refractivity (Wildman–Crippen MR) is 70.3 cm³/mol. The lowest BCUT2D eigenvalue weighted by molar-refractivity contribution is 0.430. The van der Waals surface area contributed by atoms with Gasteiger partial charge in [-0.05, 0) is 31.6 Å². The van der Waals surface area contributed by atoms with Gasteiger partial charge in [0.2, 0.25) is 0 Å². The van der Waals surface area contributed by atoms with E-state index in [2.05, 4.69) is 18.8 Å². The van der Waals surface area contributed by atoms with Crippen molar-refractivity contribution in [2.45, 2.75) is 70.6 Å². The first-order valence-corrected chi connectivity index (χ1v) is 7.32. The molecular weight excluding hydrogens is 208 g/mol. The van der Waals surface area contributed by atoms with Crippen LogP contribution in [-0.4, -0.2) is 9.97 Å². The maximum atomic E-state index is 4.93. The minimum absolute atomic E-state index is 0.655. The Labute approximate surface area is 104 Å². The van der Waals surface area contributed by atoms with Crippen molar-refractivity contribution in [3.05, 3.63) is 17.2 Å². The van der Waals surface area contributed by atoms with Crippen LogP contribution in [0.5, 0.6) is 0 Å². The monoisotopic (exact) mass is 232 g/mol. The average molecular weight is 232 g/mol. The van der Waals surface area contributed by atoms with Gasteiger partial charge in [0.25, 0.3) is 0 Å². The van der Waals surface area contributed by atoms with Gasteiger partial charge in [0.1, 0.15) is 5.82 Å². The van der Waals surface area contributed by atoms with Gasteiger partial charge in [-0.15, -0.1) is 0 Å². The van der Waals surface area contributed by atoms with Gasteiger partial charge < -0.3 is 4.98 Å². The molecule has 94 valence electrons. The molecule has 2 heteroatoms. The second kappa shape index (κ2) is 4.47. The van der Waals surface area contributed by atoms with Crippen molar-refractivity contribution in [2.24, 2.45) is 5.92 Å². The fourth-order valence-electron chi connectivity index (χ4n) is 3.72. The number of hydrogen-bond acceptors (Lipinski definition) is 1. The largest absolute Gasteiger partial charge is 0.345 e. The molecular formula is C15H24N2. The summed E-state index contributed by atoms with van der Waals surface area (Å²) in [6.07, 6.45) is 9.41. The topological polar surface area (TPSA) is 28.7 Å². The van der Waals surface area contributed by atoms with Crippen molar-refractivity contribution in [2.75, 3.05) is 0 Å². The van der Waals surface area contributed by atoms with Crippen LogP contribution in [0.25, 0.3) is 0 Å². The Bertz CT molecular complexity index is 388. The summed E-state index contributed by atoms with van der Waals surface area (Å²) in [5.41, 5.74) is 2.82. The molecule has 2 unspecified atom stereocenters. The highest BCUT2D eigenvalue weighted by atomic mass is 15.0. The Kier molecular flexibility index (Phi) is 2.97. The normalized spacial score (nSPS) is 30.2. The van der Waals surface area contributed by atoms with E-state index >= 15 is 0 Å². The molecule has 0 bridgehead atoms. The lowest BCUT2D eigenvalue weighted by Gasteiger charge is -2.22. The lowest BCUT2D eigenvalue weighted by atomic mass is 9.84. The van der Waals surface area contributed by atoms with E-state index in [9.17, 15) is 0 Å². The van der Waals surface area contributed by atoms with Crippen LogP contribution in [0, 0.1) is 5.92 Å². The highest BCUT2D eigenvalue weighted by molar-refractivity contribution is 5.23. The predicted octanol–water partition coefficient (Wildman–Crippen LogP) is 4.14. The molecule has 0 radical (unpaired) electrons. The van der Waals surface area contributed by atoms with E-state index in [0.29, 0.717) is 5.92 Å². The molecule has 17 heavy (non-hydrogen) atoms. The first-order valence-electron chi connectivity index (χ1n) is 7.32. The number of aromatic amines is 1. The van der Waals surface area contributed by atoms with Gasteiger partial charge in [0.05, 0.1) is 5.69 Å². The van der Waals surface area contributed by atoms with Crippen molar-refractivity contribution in [1.82, 2.24) is 9.97 Å². The molecule has 2 aliphatic carbocycles. The Morgan fingerprint density at radius 1 is 1.12 bits per heavy atom. The molecule has 1 N–H and O–H groups in total. The van der Waals surface area contributed by atoms with Gasteiger partial charge in [-0.25, -0.2) is 4.98 Å². The molecule has 3 rings (SSSR count). The van der Waals surface area contributed by atoms with Crippen LogP contribution in [-0.2, 0) is 6.42 Å². The van der Waals surface area contributed by atoms with Crippen molar-refractivity contribution >= 4 is 0 Å². The molecule has 2 aliphatic rings. The summed E-state index contributed by atoms with van der Waals surface area (Å²) < 4.78 is 0. The van der Waals surface area contributed by atoms with E-state index in [1.54, 1.807) is 0 Å². The van der Waals surface area contributed by atoms with Crippen molar-refractivity contribution in [3.8, 4) is 0 Å². The zero-order chi connectivity index (χ0) is 11.8. The Morgan fingerprint density at radius 2 is 1.88 bits per heavy atom. The number of hydrogen-bond donors (Lipinski definition) is 1. The second-order valence-electron chi connectivity index (χ2n) is 6.27. The van der Waals surface area contributed by atoms with Crippen LogP contribution in [0.4, 0.5) is 0 Å². The average Bonchev–Trinajstić information content (AvgIpc) is 2.74. The molecule has 2 atom stereocenters. The van der Waals surface area contributed by atoms with Gasteiger partial charge in [-0.2, -0.15) is 0 Å². The number of aromatic nitrogens is 2. The highest BCUT2D eigenvalue weighted by Gasteiger charge is 2.27. The fourth-order valence-corrected chi connectivity index (χ4v) is 3.72. The molecule has 1 fully saturated rings. The van der Waals surface area contributed by atoms with Gasteiger partial charge in [0, 0.05) is 17.5 Å². The molecule has 1 saturated carbocycles. The standard InChI is InChI=1S/C15H24N2/c1-10-8-11(2)14-13(9-10)16-15(17-14)12-6-4-3-5-7-12/h10-12H,3-9H2,1-2H3,(H,16,17). The molecule has 0 aliphatic heterocycles. The Hall–Kier alpha value is -0.790. The number of nitrogens with one attached hydrogen (secondary N) is 1. The van der Waals surface area contributed by atoms with Crippen molar-refractivity contribution in [3.63, 3.8) is 0 Å². The maximum absolute atomic E-state index is 4.93. The summed E-state index contributed by atoms with van der Waals surface area (Å²) in [7, 11) is 0. The molecule has 0 amide bonds. The van der Waals surface area contributed by atoms with Crippen LogP contribution in [0.3, 0.4) is 0 Å². The summed E-state index contributed by atoms with van der Waals surface area (Å²) in [5.74, 6) is 3.49. The minimum Gasteiger partial charge on any atom is -0.345 e. The Balaban J connectivity index is 1.85. The SMILES string of the molecule is CC1Cc2[nH]c(C3CCCCC3)nc2C(C)C1. The number of H-pyrrole nitrogens is 1.